The number of nitrogens with one attached hydrogen (secondary N) is 1. The van der Waals surface area contributed by atoms with E-state index in [1.807, 2.05) is 7.05 Å². The molecule has 6 heteroatoms. The Bertz CT molecular complexity index is 224. The van der Waals surface area contributed by atoms with Crippen molar-refractivity contribution in [1.29, 1.82) is 0 Å². The maximum absolute atomic E-state index is 5.81. The van der Waals surface area contributed by atoms with Crippen LogP contribution >= 0.6 is 11.9 Å². The van der Waals surface area contributed by atoms with Crippen molar-refractivity contribution in [3.8, 4) is 0 Å². The van der Waals surface area contributed by atoms with Crippen LogP contribution in [0.25, 0.3) is 0 Å². The van der Waals surface area contributed by atoms with Gasteiger partial charge in [-0.3, -0.25) is 9.13 Å². The molecule has 0 aromatic carbocycles. The lowest BCUT2D eigenvalue weighted by Crippen LogP contribution is -2.40. The molecule has 0 aromatic rings. The number of halogens is 1. The Kier molecular flexibility index (Phi) is 10.1. The Morgan fingerprint density at radius 3 is 2.84 bits per heavy atom. The number of unbranched alkanes of at least 4 members (excludes halogenated alkanes) is 1. The second-order valence-electron chi connectivity index (χ2n) is 5.31. The highest BCUT2D eigenvalue weighted by Crippen LogP contribution is 2.28. The van der Waals surface area contributed by atoms with E-state index < -0.39 is 9.04 Å². The lowest BCUT2D eigenvalue weighted by molar-refractivity contribution is 0.00476. The molecule has 4 nitrogen and oxygen atoms in total. The molecule has 1 rings (SSSR count). The van der Waals surface area contributed by atoms with E-state index in [0.29, 0.717) is 0 Å². The van der Waals surface area contributed by atoms with Crippen LogP contribution in [0.5, 0.6) is 0 Å². The second kappa shape index (κ2) is 11.1. The zero-order valence-corrected chi connectivity index (χ0v) is 14.1. The minimum Gasteiger partial charge on any atom is -0.394 e. The number of hydrogen-bond donors (Lipinski definition) is 1. The first-order valence-corrected chi connectivity index (χ1v) is 9.75. The Morgan fingerprint density at radius 2 is 2.16 bits per heavy atom. The Hall–Kier alpha value is 0.347. The maximum atomic E-state index is 5.81. The van der Waals surface area contributed by atoms with Gasteiger partial charge in [0.15, 0.2) is 6.79 Å². The van der Waals surface area contributed by atoms with Gasteiger partial charge in [-0.15, -0.1) is 0 Å². The number of hydrogen-bond acceptors (Lipinski definition) is 4. The summed E-state index contributed by atoms with van der Waals surface area (Å²) in [6, 6.07) is 1.15. The summed E-state index contributed by atoms with van der Waals surface area (Å²) in [5.74, 6) is 0.867. The zero-order chi connectivity index (χ0) is 13.9. The van der Waals surface area contributed by atoms with Gasteiger partial charge < -0.3 is 4.43 Å². The van der Waals surface area contributed by atoms with Crippen LogP contribution in [0.3, 0.4) is 0 Å². The van der Waals surface area contributed by atoms with Crippen LogP contribution in [-0.4, -0.2) is 28.6 Å². The van der Waals surface area contributed by atoms with E-state index in [1.54, 1.807) is 0 Å². The summed E-state index contributed by atoms with van der Waals surface area (Å²) in [7, 11) is 0.395. The molecule has 1 aliphatic heterocycles. The van der Waals surface area contributed by atoms with Gasteiger partial charge in [-0.25, -0.2) is 5.48 Å². The van der Waals surface area contributed by atoms with E-state index in [9.17, 15) is 0 Å². The van der Waals surface area contributed by atoms with E-state index >= 15 is 0 Å². The van der Waals surface area contributed by atoms with Crippen molar-refractivity contribution in [2.45, 2.75) is 63.6 Å². The van der Waals surface area contributed by atoms with Crippen LogP contribution in [0, 0.1) is 5.92 Å². The molecule has 3 atom stereocenters. The third-order valence-electron chi connectivity index (χ3n) is 3.94. The molecule has 0 bridgehead atoms. The molecule has 3 unspecified atom stereocenters. The summed E-state index contributed by atoms with van der Waals surface area (Å²) in [5, 5.41) is 0. The first-order valence-electron chi connectivity index (χ1n) is 7.49. The third-order valence-corrected chi connectivity index (χ3v) is 6.79. The summed E-state index contributed by atoms with van der Waals surface area (Å²) in [6.45, 7) is 2.44. The second-order valence-corrected chi connectivity index (χ2v) is 8.26. The van der Waals surface area contributed by atoms with Crippen LogP contribution < -0.4 is 5.48 Å². The average Bonchev–Trinajstić information content (AvgIpc) is 2.40. The fourth-order valence-electron chi connectivity index (χ4n) is 2.90. The highest BCUT2D eigenvalue weighted by atomic mass is 35.5. The minimum absolute atomic E-state index is 0.182. The van der Waals surface area contributed by atoms with Crippen molar-refractivity contribution in [2.24, 2.45) is 5.92 Å². The van der Waals surface area contributed by atoms with Crippen molar-refractivity contribution in [1.82, 2.24) is 5.48 Å². The average molecular weight is 310 g/mol. The molecule has 19 heavy (non-hydrogen) atoms. The van der Waals surface area contributed by atoms with Crippen LogP contribution in [0.1, 0.15) is 51.9 Å². The lowest BCUT2D eigenvalue weighted by Gasteiger charge is -2.29. The van der Waals surface area contributed by atoms with Gasteiger partial charge in [0, 0.05) is 7.05 Å². The standard InChI is InChI=1S/C13H28ClNO3Si/c1-3-4-6-12-7-5-8-13(18-15-2)19(10-9-12)17-11-16-14/h12-13,15,19H,3-11H2,1-2H3. The molecule has 1 N–H and O–H groups in total. The van der Waals surface area contributed by atoms with Crippen molar-refractivity contribution in [3.63, 3.8) is 0 Å². The SMILES string of the molecule is CCCCC1CCCC(ONC)[SiH](OCOCl)CC1. The van der Waals surface area contributed by atoms with E-state index in [0.717, 1.165) is 18.4 Å². The molecule has 114 valence electrons. The van der Waals surface area contributed by atoms with Gasteiger partial charge >= 0.3 is 0 Å². The lowest BCUT2D eigenvalue weighted by atomic mass is 9.93. The van der Waals surface area contributed by atoms with E-state index in [-0.39, 0.29) is 12.5 Å². The number of rotatable bonds is 8. The van der Waals surface area contributed by atoms with Crippen LogP contribution in [0.15, 0.2) is 0 Å². The monoisotopic (exact) mass is 309 g/mol. The summed E-state index contributed by atoms with van der Waals surface area (Å²) in [4.78, 5) is 5.63. The fraction of sp³-hybridized carbons (Fsp3) is 1.00. The molecule has 1 saturated heterocycles. The Labute approximate surface area is 124 Å². The Balaban J connectivity index is 2.45. The molecule has 0 aliphatic carbocycles. The molecule has 1 heterocycles. The molecule has 0 saturated carbocycles. The smallest absolute Gasteiger partial charge is 0.211 e. The van der Waals surface area contributed by atoms with E-state index in [2.05, 4.69) is 16.7 Å². The molecule has 0 amide bonds. The van der Waals surface area contributed by atoms with Gasteiger partial charge in [0.1, 0.15) is 0 Å². The molecular formula is C13H28ClNO3Si. The first-order chi connectivity index (χ1) is 9.31. The molecule has 0 spiro atoms. The van der Waals surface area contributed by atoms with Gasteiger partial charge in [-0.05, 0) is 18.4 Å². The van der Waals surface area contributed by atoms with Gasteiger partial charge in [-0.2, -0.15) is 0 Å². The van der Waals surface area contributed by atoms with Crippen LogP contribution in [-0.2, 0) is 13.6 Å². The van der Waals surface area contributed by atoms with Crippen molar-refractivity contribution in [2.75, 3.05) is 13.8 Å². The third kappa shape index (κ3) is 7.06. The minimum atomic E-state index is -1.42. The van der Waals surface area contributed by atoms with Crippen LogP contribution in [0.2, 0.25) is 6.04 Å². The normalized spacial score (nSPS) is 28.9. The predicted molar refractivity (Wildman–Crippen MR) is 80.3 cm³/mol. The molecule has 1 aliphatic rings. The topological polar surface area (TPSA) is 39.7 Å². The van der Waals surface area contributed by atoms with Crippen molar-refractivity contribution < 1.29 is 13.6 Å². The summed E-state index contributed by atoms with van der Waals surface area (Å²) in [6.07, 6.45) is 8.91. The molecule has 0 radical (unpaired) electrons. The van der Waals surface area contributed by atoms with Crippen molar-refractivity contribution in [3.05, 3.63) is 0 Å². The van der Waals surface area contributed by atoms with Gasteiger partial charge in [0.2, 0.25) is 9.04 Å². The fourth-order valence-corrected chi connectivity index (χ4v) is 5.72. The maximum Gasteiger partial charge on any atom is 0.211 e. The molecule has 1 fully saturated rings. The molecular weight excluding hydrogens is 282 g/mol. The molecule has 0 aromatic heterocycles. The summed E-state index contributed by atoms with van der Waals surface area (Å²) < 4.78 is 10.3. The van der Waals surface area contributed by atoms with Gasteiger partial charge in [0.25, 0.3) is 0 Å². The summed E-state index contributed by atoms with van der Waals surface area (Å²) >= 11 is 5.26. The highest BCUT2D eigenvalue weighted by Gasteiger charge is 2.29. The van der Waals surface area contributed by atoms with Gasteiger partial charge in [0.05, 0.1) is 17.6 Å². The zero-order valence-electron chi connectivity index (χ0n) is 12.2. The Morgan fingerprint density at radius 1 is 1.32 bits per heavy atom. The number of hydroxylamine groups is 1. The largest absolute Gasteiger partial charge is 0.394 e. The van der Waals surface area contributed by atoms with E-state index in [1.165, 1.54) is 38.5 Å². The predicted octanol–water partition coefficient (Wildman–Crippen LogP) is 3.29. The van der Waals surface area contributed by atoms with Crippen molar-refractivity contribution >= 4 is 20.9 Å². The summed E-state index contributed by atoms with van der Waals surface area (Å²) in [5.41, 5.74) is 3.04. The highest BCUT2D eigenvalue weighted by molar-refractivity contribution is 6.53. The van der Waals surface area contributed by atoms with Crippen LogP contribution in [0.4, 0.5) is 0 Å². The van der Waals surface area contributed by atoms with Gasteiger partial charge in [-0.1, -0.05) is 45.4 Å². The first kappa shape index (κ1) is 17.4. The van der Waals surface area contributed by atoms with E-state index in [4.69, 9.17) is 21.1 Å². The quantitative estimate of drug-likeness (QED) is 0.424.